The molecular weight excluding hydrogens is 218 g/mol. The maximum Gasteiger partial charge on any atom is 0.127 e. The minimum absolute atomic E-state index is 0. The number of nitrogens with zero attached hydrogens (tertiary/aromatic N) is 4. The van der Waals surface area contributed by atoms with E-state index in [2.05, 4.69) is 15.0 Å². The second-order valence-electron chi connectivity index (χ2n) is 2.82. The third kappa shape index (κ3) is 4.62. The Morgan fingerprint density at radius 1 is 1.60 bits per heavy atom. The van der Waals surface area contributed by atoms with Crippen molar-refractivity contribution < 1.29 is 5.11 Å². The molecule has 0 saturated heterocycles. The Kier molecular flexibility index (Phi) is 6.40. The van der Waals surface area contributed by atoms with E-state index in [1.54, 1.807) is 18.2 Å². The van der Waals surface area contributed by atoms with Crippen LogP contribution in [0.15, 0.2) is 23.3 Å². The third-order valence-electron chi connectivity index (χ3n) is 1.65. The summed E-state index contributed by atoms with van der Waals surface area (Å²) < 4.78 is 0. The second kappa shape index (κ2) is 7.03. The van der Waals surface area contributed by atoms with Crippen molar-refractivity contribution in [3.8, 4) is 0 Å². The van der Waals surface area contributed by atoms with E-state index >= 15 is 0 Å². The summed E-state index contributed by atoms with van der Waals surface area (Å²) in [6, 6.07) is 4.78. The second-order valence-corrected chi connectivity index (χ2v) is 2.82. The van der Waals surface area contributed by atoms with Gasteiger partial charge in [-0.15, -0.1) is 12.4 Å². The molecule has 7 heteroatoms. The molecule has 1 atom stereocenters. The van der Waals surface area contributed by atoms with Gasteiger partial charge in [0.2, 0.25) is 0 Å². The monoisotopic (exact) mass is 229 g/mol. The predicted octanol–water partition coefficient (Wildman–Crippen LogP) is 1.31. The lowest BCUT2D eigenvalue weighted by atomic mass is 10.1. The molecule has 0 aliphatic rings. The maximum atomic E-state index is 8.73. The summed E-state index contributed by atoms with van der Waals surface area (Å²) in [5, 5.41) is 12.1. The molecule has 1 aromatic rings. The fourth-order valence-corrected chi connectivity index (χ4v) is 1.02. The maximum absolute atomic E-state index is 8.73. The normalized spacial score (nSPS) is 11.1. The van der Waals surface area contributed by atoms with Crippen LogP contribution in [0.2, 0.25) is 0 Å². The summed E-state index contributed by atoms with van der Waals surface area (Å²) in [7, 11) is 0. The van der Waals surface area contributed by atoms with Gasteiger partial charge in [-0.3, -0.25) is 4.98 Å². The van der Waals surface area contributed by atoms with Crippen molar-refractivity contribution in [1.82, 2.24) is 4.98 Å². The molecule has 0 bridgehead atoms. The summed E-state index contributed by atoms with van der Waals surface area (Å²) in [5.74, 6) is 0.315. The number of nitrogens with two attached hydrogens (primary N) is 1. The molecule has 6 nitrogen and oxygen atoms in total. The van der Waals surface area contributed by atoms with Crippen molar-refractivity contribution in [3.05, 3.63) is 34.3 Å². The Bertz CT molecular complexity index is 353. The van der Waals surface area contributed by atoms with Crippen molar-refractivity contribution in [2.24, 2.45) is 10.8 Å². The number of rotatable bonds is 4. The predicted molar refractivity (Wildman–Crippen MR) is 59.1 cm³/mol. The Morgan fingerprint density at radius 2 is 2.33 bits per heavy atom. The van der Waals surface area contributed by atoms with Crippen molar-refractivity contribution in [3.63, 3.8) is 0 Å². The van der Waals surface area contributed by atoms with Crippen LogP contribution in [-0.2, 0) is 6.42 Å². The van der Waals surface area contributed by atoms with Crippen LogP contribution in [0.25, 0.3) is 10.4 Å². The molecule has 0 radical (unpaired) electrons. The van der Waals surface area contributed by atoms with Crippen molar-refractivity contribution in [2.75, 3.05) is 6.61 Å². The van der Waals surface area contributed by atoms with Gasteiger partial charge in [0.05, 0.1) is 6.61 Å². The van der Waals surface area contributed by atoms with E-state index in [9.17, 15) is 0 Å². The molecule has 1 aromatic heterocycles. The Labute approximate surface area is 93.2 Å². The first kappa shape index (κ1) is 13.7. The Hall–Kier alpha value is -1.33. The van der Waals surface area contributed by atoms with E-state index < -0.39 is 0 Å². The standard InChI is InChI=1S/C8H11N5O.ClH/c9-6(5-14)4-7-2-1-3-8(11-7)12-13-10;/h1-3,6,14H,4-5,9H2;1H/t6-;/m1./s1. The van der Waals surface area contributed by atoms with Gasteiger partial charge in [0.1, 0.15) is 5.82 Å². The molecule has 0 saturated carbocycles. The van der Waals surface area contributed by atoms with Crippen LogP contribution in [0.5, 0.6) is 0 Å². The van der Waals surface area contributed by atoms with Crippen LogP contribution >= 0.6 is 12.4 Å². The average Bonchev–Trinajstić information content (AvgIpc) is 2.19. The molecule has 3 N–H and O–H groups in total. The fourth-order valence-electron chi connectivity index (χ4n) is 1.02. The highest BCUT2D eigenvalue weighted by molar-refractivity contribution is 5.85. The zero-order chi connectivity index (χ0) is 10.4. The van der Waals surface area contributed by atoms with Crippen molar-refractivity contribution >= 4 is 18.2 Å². The van der Waals surface area contributed by atoms with Crippen LogP contribution in [0, 0.1) is 0 Å². The molecule has 0 unspecified atom stereocenters. The number of hydrogen-bond acceptors (Lipinski definition) is 4. The summed E-state index contributed by atoms with van der Waals surface area (Å²) in [6.07, 6.45) is 0.464. The molecule has 0 amide bonds. The molecule has 0 aliphatic carbocycles. The van der Waals surface area contributed by atoms with E-state index in [-0.39, 0.29) is 25.1 Å². The number of halogens is 1. The first-order chi connectivity index (χ1) is 6.76. The van der Waals surface area contributed by atoms with Gasteiger partial charge < -0.3 is 10.8 Å². The van der Waals surface area contributed by atoms with Gasteiger partial charge in [-0.05, 0) is 22.8 Å². The van der Waals surface area contributed by atoms with Crippen LogP contribution in [-0.4, -0.2) is 22.7 Å². The van der Waals surface area contributed by atoms with E-state index in [1.807, 2.05) is 0 Å². The third-order valence-corrected chi connectivity index (χ3v) is 1.65. The molecule has 0 fully saturated rings. The minimum atomic E-state index is -0.330. The van der Waals surface area contributed by atoms with Crippen LogP contribution in [0.4, 0.5) is 5.82 Å². The van der Waals surface area contributed by atoms with E-state index in [0.717, 1.165) is 0 Å². The van der Waals surface area contributed by atoms with Gasteiger partial charge in [-0.2, -0.15) is 0 Å². The average molecular weight is 230 g/mol. The molecule has 0 spiro atoms. The van der Waals surface area contributed by atoms with Crippen LogP contribution < -0.4 is 5.73 Å². The SMILES string of the molecule is Cl.[N-]=[N+]=Nc1cccc(C[C@@H](N)CO)n1. The minimum Gasteiger partial charge on any atom is -0.395 e. The van der Waals surface area contributed by atoms with Gasteiger partial charge in [0, 0.05) is 23.1 Å². The smallest absolute Gasteiger partial charge is 0.127 e. The number of pyridine rings is 1. The zero-order valence-corrected chi connectivity index (χ0v) is 8.76. The molecule has 82 valence electrons. The van der Waals surface area contributed by atoms with Gasteiger partial charge in [0.15, 0.2) is 0 Å². The topological polar surface area (TPSA) is 108 Å². The highest BCUT2D eigenvalue weighted by atomic mass is 35.5. The Balaban J connectivity index is 0.00000196. The fraction of sp³-hybridized carbons (Fsp3) is 0.375. The summed E-state index contributed by atoms with van der Waals surface area (Å²) in [6.45, 7) is -0.0899. The van der Waals surface area contributed by atoms with Crippen molar-refractivity contribution in [1.29, 1.82) is 0 Å². The van der Waals surface area contributed by atoms with Crippen LogP contribution in [0.3, 0.4) is 0 Å². The molecule has 0 aromatic carbocycles. The molecular formula is C8H12ClN5O. The summed E-state index contributed by atoms with van der Waals surface area (Å²) in [5.41, 5.74) is 14.4. The largest absolute Gasteiger partial charge is 0.395 e. The highest BCUT2D eigenvalue weighted by Gasteiger charge is 2.03. The number of aromatic nitrogens is 1. The Morgan fingerprint density at radius 3 is 2.93 bits per heavy atom. The van der Waals surface area contributed by atoms with Gasteiger partial charge in [0.25, 0.3) is 0 Å². The lowest BCUT2D eigenvalue weighted by molar-refractivity contribution is 0.264. The van der Waals surface area contributed by atoms with Gasteiger partial charge in [-0.1, -0.05) is 6.07 Å². The highest BCUT2D eigenvalue weighted by Crippen LogP contribution is 2.09. The van der Waals surface area contributed by atoms with Crippen LogP contribution in [0.1, 0.15) is 5.69 Å². The molecule has 1 heterocycles. The van der Waals surface area contributed by atoms with Gasteiger partial charge in [-0.25, -0.2) is 0 Å². The first-order valence-electron chi connectivity index (χ1n) is 4.13. The van der Waals surface area contributed by atoms with E-state index in [1.165, 1.54) is 0 Å². The van der Waals surface area contributed by atoms with Crippen molar-refractivity contribution in [2.45, 2.75) is 12.5 Å². The number of aliphatic hydroxyl groups excluding tert-OH is 1. The summed E-state index contributed by atoms with van der Waals surface area (Å²) in [4.78, 5) is 6.67. The first-order valence-corrected chi connectivity index (χ1v) is 4.13. The quantitative estimate of drug-likeness (QED) is 0.462. The zero-order valence-electron chi connectivity index (χ0n) is 7.95. The summed E-state index contributed by atoms with van der Waals surface area (Å²) >= 11 is 0. The van der Waals surface area contributed by atoms with E-state index in [4.69, 9.17) is 16.4 Å². The molecule has 0 aliphatic heterocycles. The lowest BCUT2D eigenvalue weighted by Crippen LogP contribution is -2.27. The number of aliphatic hydroxyl groups is 1. The molecule has 15 heavy (non-hydrogen) atoms. The number of azide groups is 1. The van der Waals surface area contributed by atoms with Gasteiger partial charge >= 0.3 is 0 Å². The van der Waals surface area contributed by atoms with E-state index in [0.29, 0.717) is 17.9 Å². The lowest BCUT2D eigenvalue weighted by Gasteiger charge is -2.06. The number of hydrogen-bond donors (Lipinski definition) is 2. The molecule has 1 rings (SSSR count).